The van der Waals surface area contributed by atoms with E-state index in [-0.39, 0.29) is 0 Å². The van der Waals surface area contributed by atoms with Gasteiger partial charge in [0.15, 0.2) is 11.6 Å². The van der Waals surface area contributed by atoms with Crippen LogP contribution in [0.15, 0.2) is 30.6 Å². The van der Waals surface area contributed by atoms with Crippen molar-refractivity contribution in [3.8, 4) is 11.8 Å². The lowest BCUT2D eigenvalue weighted by atomic mass is 10.1. The third-order valence-electron chi connectivity index (χ3n) is 3.43. The fraction of sp³-hybridized carbons (Fsp3) is 0.188. The minimum atomic E-state index is -1.16. The zero-order valence-electron chi connectivity index (χ0n) is 12.6. The van der Waals surface area contributed by atoms with Crippen LogP contribution in [-0.4, -0.2) is 41.9 Å². The third kappa shape index (κ3) is 2.67. The first-order chi connectivity index (χ1) is 11.1. The Morgan fingerprint density at radius 1 is 1.26 bits per heavy atom. The SMILES string of the molecule is COCN1c2cc(C#CC(=O)O)ccc2N(C)c2nccnc21. The highest BCUT2D eigenvalue weighted by molar-refractivity contribution is 5.91. The topological polar surface area (TPSA) is 78.8 Å². The summed E-state index contributed by atoms with van der Waals surface area (Å²) in [6.07, 6.45) is 3.26. The molecule has 0 atom stereocenters. The van der Waals surface area contributed by atoms with E-state index in [1.165, 1.54) is 0 Å². The van der Waals surface area contributed by atoms with Gasteiger partial charge in [0, 0.05) is 38.0 Å². The van der Waals surface area contributed by atoms with E-state index in [0.717, 1.165) is 17.2 Å². The molecule has 7 nitrogen and oxygen atoms in total. The number of fused-ring (bicyclic) bond motifs is 2. The van der Waals surface area contributed by atoms with Crippen molar-refractivity contribution in [3.05, 3.63) is 36.2 Å². The number of hydrogen-bond acceptors (Lipinski definition) is 6. The van der Waals surface area contributed by atoms with Crippen molar-refractivity contribution in [1.29, 1.82) is 0 Å². The summed E-state index contributed by atoms with van der Waals surface area (Å²) in [6.45, 7) is 0.294. The number of nitrogens with zero attached hydrogens (tertiary/aromatic N) is 4. The van der Waals surface area contributed by atoms with Crippen molar-refractivity contribution in [2.24, 2.45) is 0 Å². The number of aliphatic carboxylic acids is 1. The van der Waals surface area contributed by atoms with Crippen molar-refractivity contribution in [3.63, 3.8) is 0 Å². The quantitative estimate of drug-likeness (QED) is 0.846. The van der Waals surface area contributed by atoms with Crippen molar-refractivity contribution in [2.75, 3.05) is 30.7 Å². The van der Waals surface area contributed by atoms with E-state index in [4.69, 9.17) is 9.84 Å². The van der Waals surface area contributed by atoms with Gasteiger partial charge in [-0.15, -0.1) is 0 Å². The molecule has 1 aliphatic heterocycles. The second-order valence-corrected chi connectivity index (χ2v) is 4.87. The minimum absolute atomic E-state index is 0.294. The molecule has 0 saturated carbocycles. The molecule has 1 aliphatic rings. The Labute approximate surface area is 133 Å². The number of anilines is 4. The number of hydrogen-bond donors (Lipinski definition) is 1. The number of methoxy groups -OCH3 is 1. The predicted molar refractivity (Wildman–Crippen MR) is 85.1 cm³/mol. The first-order valence-electron chi connectivity index (χ1n) is 6.82. The molecule has 7 heteroatoms. The van der Waals surface area contributed by atoms with Gasteiger partial charge in [-0.25, -0.2) is 14.8 Å². The Hall–Kier alpha value is -3.11. The Morgan fingerprint density at radius 3 is 2.70 bits per heavy atom. The van der Waals surface area contributed by atoms with E-state index in [9.17, 15) is 4.79 Å². The smallest absolute Gasteiger partial charge is 0.382 e. The van der Waals surface area contributed by atoms with Gasteiger partial charge in [0.25, 0.3) is 0 Å². The summed E-state index contributed by atoms with van der Waals surface area (Å²) in [5.41, 5.74) is 2.35. The first-order valence-corrected chi connectivity index (χ1v) is 6.82. The summed E-state index contributed by atoms with van der Waals surface area (Å²) < 4.78 is 5.28. The highest BCUT2D eigenvalue weighted by atomic mass is 16.5. The van der Waals surface area contributed by atoms with Crippen LogP contribution >= 0.6 is 0 Å². The summed E-state index contributed by atoms with van der Waals surface area (Å²) in [6, 6.07) is 5.47. The van der Waals surface area contributed by atoms with Gasteiger partial charge >= 0.3 is 5.97 Å². The van der Waals surface area contributed by atoms with E-state index in [0.29, 0.717) is 18.1 Å². The number of benzene rings is 1. The van der Waals surface area contributed by atoms with Gasteiger partial charge < -0.3 is 14.7 Å². The molecule has 0 amide bonds. The average Bonchev–Trinajstić information content (AvgIpc) is 2.56. The summed E-state index contributed by atoms with van der Waals surface area (Å²) in [4.78, 5) is 23.2. The zero-order chi connectivity index (χ0) is 16.4. The minimum Gasteiger partial charge on any atom is -0.472 e. The third-order valence-corrected chi connectivity index (χ3v) is 3.43. The molecule has 0 spiro atoms. The van der Waals surface area contributed by atoms with Crippen LogP contribution < -0.4 is 9.80 Å². The van der Waals surface area contributed by atoms with E-state index >= 15 is 0 Å². The second-order valence-electron chi connectivity index (χ2n) is 4.87. The lowest BCUT2D eigenvalue weighted by molar-refractivity contribution is -0.130. The molecular formula is C16H14N4O3. The lowest BCUT2D eigenvalue weighted by Gasteiger charge is -2.35. The summed E-state index contributed by atoms with van der Waals surface area (Å²) in [7, 11) is 3.50. The molecule has 0 unspecified atom stereocenters. The molecule has 0 radical (unpaired) electrons. The van der Waals surface area contributed by atoms with Crippen LogP contribution in [0.3, 0.4) is 0 Å². The molecule has 0 bridgehead atoms. The summed E-state index contributed by atoms with van der Waals surface area (Å²) >= 11 is 0. The number of carboxylic acid groups (broad SMARTS) is 1. The summed E-state index contributed by atoms with van der Waals surface area (Å²) in [5.74, 6) is 4.98. The molecule has 0 saturated heterocycles. The molecular weight excluding hydrogens is 296 g/mol. The summed E-state index contributed by atoms with van der Waals surface area (Å²) in [5, 5.41) is 8.69. The Morgan fingerprint density at radius 2 is 2.00 bits per heavy atom. The van der Waals surface area contributed by atoms with Crippen molar-refractivity contribution < 1.29 is 14.6 Å². The zero-order valence-corrected chi connectivity index (χ0v) is 12.6. The molecule has 2 aromatic rings. The maximum absolute atomic E-state index is 10.6. The van der Waals surface area contributed by atoms with Gasteiger partial charge in [0.1, 0.15) is 6.73 Å². The highest BCUT2D eigenvalue weighted by Crippen LogP contribution is 2.44. The van der Waals surface area contributed by atoms with Crippen molar-refractivity contribution >= 4 is 29.0 Å². The monoisotopic (exact) mass is 310 g/mol. The Kier molecular flexibility index (Phi) is 3.83. The van der Waals surface area contributed by atoms with Gasteiger partial charge in [-0.3, -0.25) is 4.90 Å². The fourth-order valence-corrected chi connectivity index (χ4v) is 2.46. The van der Waals surface area contributed by atoms with E-state index < -0.39 is 5.97 Å². The Balaban J connectivity index is 2.13. The lowest BCUT2D eigenvalue weighted by Crippen LogP contribution is -2.30. The number of aromatic nitrogens is 2. The van der Waals surface area contributed by atoms with Crippen LogP contribution in [0.2, 0.25) is 0 Å². The average molecular weight is 310 g/mol. The molecule has 1 aromatic heterocycles. The molecule has 23 heavy (non-hydrogen) atoms. The molecule has 3 rings (SSSR count). The molecule has 116 valence electrons. The van der Waals surface area contributed by atoms with Gasteiger partial charge in [0.05, 0.1) is 11.4 Å². The standard InChI is InChI=1S/C16H14N4O3/c1-19-12-5-3-11(4-6-14(21)22)9-13(12)20(10-23-2)16-15(19)17-7-8-18-16/h3,5,7-9H,10H2,1-2H3,(H,21,22). The van der Waals surface area contributed by atoms with Crippen molar-refractivity contribution in [2.45, 2.75) is 0 Å². The van der Waals surface area contributed by atoms with Crippen LogP contribution in [-0.2, 0) is 9.53 Å². The molecule has 2 heterocycles. The molecule has 0 fully saturated rings. The van der Waals surface area contributed by atoms with Crippen LogP contribution in [0.4, 0.5) is 23.0 Å². The van der Waals surface area contributed by atoms with E-state index in [1.807, 2.05) is 29.0 Å². The van der Waals surface area contributed by atoms with Gasteiger partial charge in [-0.2, -0.15) is 0 Å². The van der Waals surface area contributed by atoms with Crippen LogP contribution in [0.25, 0.3) is 0 Å². The van der Waals surface area contributed by atoms with Gasteiger partial charge in [-0.1, -0.05) is 5.92 Å². The van der Waals surface area contributed by atoms with Crippen molar-refractivity contribution in [1.82, 2.24) is 9.97 Å². The molecule has 1 aromatic carbocycles. The number of ether oxygens (including phenoxy) is 1. The molecule has 0 aliphatic carbocycles. The van der Waals surface area contributed by atoms with Crippen LogP contribution in [0.5, 0.6) is 0 Å². The molecule has 1 N–H and O–H groups in total. The van der Waals surface area contributed by atoms with Gasteiger partial charge in [0.2, 0.25) is 0 Å². The highest BCUT2D eigenvalue weighted by Gasteiger charge is 2.28. The van der Waals surface area contributed by atoms with E-state index in [1.54, 1.807) is 25.6 Å². The van der Waals surface area contributed by atoms with Crippen LogP contribution in [0, 0.1) is 11.8 Å². The predicted octanol–water partition coefficient (Wildman–Crippen LogP) is 1.74. The maximum atomic E-state index is 10.6. The Bertz CT molecular complexity index is 826. The fourth-order valence-electron chi connectivity index (χ4n) is 2.46. The van der Waals surface area contributed by atoms with Crippen LogP contribution in [0.1, 0.15) is 5.56 Å². The van der Waals surface area contributed by atoms with Gasteiger partial charge in [-0.05, 0) is 18.2 Å². The number of carbonyl (C=O) groups is 1. The maximum Gasteiger partial charge on any atom is 0.382 e. The number of rotatable bonds is 2. The second kappa shape index (κ2) is 5.94. The number of carboxylic acids is 1. The first kappa shape index (κ1) is 14.8. The normalized spacial score (nSPS) is 12.1. The van der Waals surface area contributed by atoms with E-state index in [2.05, 4.69) is 21.8 Å². The largest absolute Gasteiger partial charge is 0.472 e.